The van der Waals surface area contributed by atoms with Crippen molar-refractivity contribution in [3.05, 3.63) is 109 Å². The lowest BCUT2D eigenvalue weighted by atomic mass is 10.1. The molecule has 1 aromatic heterocycles. The smallest absolute Gasteiger partial charge is 0.273 e. The van der Waals surface area contributed by atoms with E-state index in [-0.39, 0.29) is 9.56 Å². The molecule has 0 saturated carbocycles. The average Bonchev–Trinajstić information content (AvgIpc) is 3.20. The average molecular weight is 517 g/mol. The number of hydrogen-bond donors (Lipinski definition) is 0. The zero-order chi connectivity index (χ0) is 25.9. The van der Waals surface area contributed by atoms with Crippen molar-refractivity contribution in [2.75, 3.05) is 7.11 Å². The Bertz CT molecular complexity index is 1720. The Hall–Kier alpha value is -3.93. The monoisotopic (exact) mass is 516 g/mol. The first kappa shape index (κ1) is 25.2. The number of rotatable bonds is 6. The van der Waals surface area contributed by atoms with Gasteiger partial charge in [0.2, 0.25) is 9.84 Å². The van der Waals surface area contributed by atoms with Crippen LogP contribution in [0.4, 0.5) is 0 Å². The number of ether oxygens (including phenoxy) is 1. The van der Waals surface area contributed by atoms with Gasteiger partial charge in [0.05, 0.1) is 22.2 Å². The van der Waals surface area contributed by atoms with Gasteiger partial charge < -0.3 is 4.74 Å². The predicted molar refractivity (Wildman–Crippen MR) is 142 cm³/mol. The van der Waals surface area contributed by atoms with E-state index >= 15 is 0 Å². The molecule has 0 N–H and O–H groups in total. The van der Waals surface area contributed by atoms with Gasteiger partial charge in [0.1, 0.15) is 16.5 Å². The molecule has 0 aliphatic carbocycles. The van der Waals surface area contributed by atoms with Crippen LogP contribution in [0.3, 0.4) is 0 Å². The van der Waals surface area contributed by atoms with E-state index in [1.807, 2.05) is 32.0 Å². The molecule has 182 valence electrons. The lowest BCUT2D eigenvalue weighted by Gasteiger charge is -2.06. The van der Waals surface area contributed by atoms with Gasteiger partial charge in [-0.05, 0) is 66.9 Å². The fourth-order valence-corrected chi connectivity index (χ4v) is 6.29. The van der Waals surface area contributed by atoms with Crippen LogP contribution in [0.1, 0.15) is 23.6 Å². The van der Waals surface area contributed by atoms with Crippen LogP contribution < -0.4 is 19.5 Å². The first-order valence-corrected chi connectivity index (χ1v) is 13.5. The third-order valence-electron chi connectivity index (χ3n) is 5.74. The molecule has 0 aliphatic rings. The summed E-state index contributed by atoms with van der Waals surface area (Å²) in [5, 5.41) is 10.0. The van der Waals surface area contributed by atoms with E-state index in [1.165, 1.54) is 16.7 Å². The van der Waals surface area contributed by atoms with Gasteiger partial charge in [0, 0.05) is 0 Å². The molecule has 4 aromatic rings. The fourth-order valence-electron chi connectivity index (χ4n) is 3.66. The SMILES string of the molecule is CCc1ccc(-n2c(=O)/c(=C/c3ccc(OC)cc3)s/c2=C(\C#N)S(=O)(=O)c2ccc(C)cc2)cc1. The van der Waals surface area contributed by atoms with Crippen molar-refractivity contribution >= 4 is 32.2 Å². The number of hydrogen-bond acceptors (Lipinski definition) is 6. The van der Waals surface area contributed by atoms with Gasteiger partial charge in [-0.2, -0.15) is 5.26 Å². The highest BCUT2D eigenvalue weighted by Crippen LogP contribution is 2.20. The zero-order valence-corrected chi connectivity index (χ0v) is 21.7. The summed E-state index contributed by atoms with van der Waals surface area (Å²) in [6, 6.07) is 22.6. The molecule has 36 heavy (non-hydrogen) atoms. The highest BCUT2D eigenvalue weighted by molar-refractivity contribution is 8.00. The largest absolute Gasteiger partial charge is 0.497 e. The molecule has 0 bridgehead atoms. The standard InChI is InChI=1S/C28H24N2O4S2/c1-4-20-7-11-22(12-8-20)30-27(31)25(17-21-9-13-23(34-3)14-10-21)35-28(30)26(18-29)36(32,33)24-15-5-19(2)6-16-24/h5-17H,4H2,1-3H3/b25-17-,28-26+. The second-order valence-corrected chi connectivity index (χ2v) is 11.0. The Balaban J connectivity index is 2.06. The molecule has 0 fully saturated rings. The van der Waals surface area contributed by atoms with Crippen molar-refractivity contribution in [2.24, 2.45) is 0 Å². The second kappa shape index (κ2) is 10.4. The molecular weight excluding hydrogens is 492 g/mol. The van der Waals surface area contributed by atoms with E-state index in [2.05, 4.69) is 0 Å². The lowest BCUT2D eigenvalue weighted by molar-refractivity contribution is 0.415. The number of thiazole rings is 1. The highest BCUT2D eigenvalue weighted by atomic mass is 32.2. The first-order valence-electron chi connectivity index (χ1n) is 11.2. The minimum atomic E-state index is -4.17. The minimum absolute atomic E-state index is 0.000867. The van der Waals surface area contributed by atoms with Gasteiger partial charge in [0.15, 0.2) is 4.91 Å². The summed E-state index contributed by atoms with van der Waals surface area (Å²) in [4.78, 5) is 13.1. The van der Waals surface area contributed by atoms with Gasteiger partial charge in [-0.3, -0.25) is 9.36 Å². The molecule has 1 heterocycles. The van der Waals surface area contributed by atoms with Crippen LogP contribution in [0.15, 0.2) is 82.5 Å². The lowest BCUT2D eigenvalue weighted by Crippen LogP contribution is -2.31. The van der Waals surface area contributed by atoms with Gasteiger partial charge >= 0.3 is 0 Å². The summed E-state index contributed by atoms with van der Waals surface area (Å²) in [5.41, 5.74) is 2.80. The number of aryl methyl sites for hydroxylation is 2. The number of methoxy groups -OCH3 is 1. The van der Waals surface area contributed by atoms with Gasteiger partial charge in [-0.25, -0.2) is 8.42 Å². The van der Waals surface area contributed by atoms with Crippen LogP contribution in [-0.2, 0) is 16.3 Å². The Morgan fingerprint density at radius 2 is 1.67 bits per heavy atom. The molecule has 3 aromatic carbocycles. The topological polar surface area (TPSA) is 89.2 Å². The van der Waals surface area contributed by atoms with Crippen LogP contribution >= 0.6 is 11.3 Å². The van der Waals surface area contributed by atoms with Crippen molar-refractivity contribution in [1.29, 1.82) is 5.26 Å². The molecule has 4 rings (SSSR count). The molecule has 0 atom stereocenters. The van der Waals surface area contributed by atoms with Crippen LogP contribution in [0.25, 0.3) is 16.7 Å². The third-order valence-corrected chi connectivity index (χ3v) is 8.67. The summed E-state index contributed by atoms with van der Waals surface area (Å²) >= 11 is 0.978. The normalized spacial score (nSPS) is 12.8. The van der Waals surface area contributed by atoms with E-state index in [0.717, 1.165) is 34.4 Å². The zero-order valence-electron chi connectivity index (χ0n) is 20.1. The van der Waals surface area contributed by atoms with E-state index < -0.39 is 20.3 Å². The molecule has 0 saturated heterocycles. The number of sulfone groups is 1. The Labute approximate surface area is 213 Å². The number of aromatic nitrogens is 1. The number of nitrogens with zero attached hydrogens (tertiary/aromatic N) is 2. The molecule has 0 amide bonds. The van der Waals surface area contributed by atoms with Gasteiger partial charge in [-0.1, -0.05) is 48.9 Å². The molecule has 0 aliphatic heterocycles. The summed E-state index contributed by atoms with van der Waals surface area (Å²) in [7, 11) is -2.60. The fraction of sp³-hybridized carbons (Fsp3) is 0.143. The van der Waals surface area contributed by atoms with Crippen LogP contribution in [0, 0.1) is 18.3 Å². The Morgan fingerprint density at radius 1 is 1.03 bits per heavy atom. The summed E-state index contributed by atoms with van der Waals surface area (Å²) in [5.74, 6) is 0.678. The maximum atomic E-state index is 13.6. The predicted octanol–water partition coefficient (Wildman–Crippen LogP) is 3.71. The quantitative estimate of drug-likeness (QED) is 0.390. The van der Waals surface area contributed by atoms with E-state index in [9.17, 15) is 18.5 Å². The molecule has 0 radical (unpaired) electrons. The Kier molecular flexibility index (Phi) is 7.25. The van der Waals surface area contributed by atoms with Crippen molar-refractivity contribution in [3.8, 4) is 17.5 Å². The minimum Gasteiger partial charge on any atom is -0.497 e. The second-order valence-electron chi connectivity index (χ2n) is 8.11. The first-order chi connectivity index (χ1) is 17.3. The maximum absolute atomic E-state index is 13.6. The van der Waals surface area contributed by atoms with Gasteiger partial charge in [-0.15, -0.1) is 11.3 Å². The Morgan fingerprint density at radius 3 is 2.22 bits per heavy atom. The third kappa shape index (κ3) is 4.89. The van der Waals surface area contributed by atoms with Crippen LogP contribution in [0.5, 0.6) is 5.75 Å². The van der Waals surface area contributed by atoms with Crippen molar-refractivity contribution in [2.45, 2.75) is 25.2 Å². The summed E-state index contributed by atoms with van der Waals surface area (Å²) in [6.07, 6.45) is 2.50. The highest BCUT2D eigenvalue weighted by Gasteiger charge is 2.25. The maximum Gasteiger partial charge on any atom is 0.273 e. The molecule has 0 spiro atoms. The molecular formula is C28H24N2O4S2. The van der Waals surface area contributed by atoms with Crippen molar-refractivity contribution in [1.82, 2.24) is 4.57 Å². The van der Waals surface area contributed by atoms with E-state index in [1.54, 1.807) is 61.7 Å². The van der Waals surface area contributed by atoms with E-state index in [0.29, 0.717) is 16.0 Å². The van der Waals surface area contributed by atoms with Crippen molar-refractivity contribution in [3.63, 3.8) is 0 Å². The van der Waals surface area contributed by atoms with E-state index in [4.69, 9.17) is 4.74 Å². The molecule has 0 unspecified atom stereocenters. The van der Waals surface area contributed by atoms with Crippen LogP contribution in [-0.4, -0.2) is 20.1 Å². The molecule has 6 nitrogen and oxygen atoms in total. The number of nitriles is 1. The number of benzene rings is 3. The van der Waals surface area contributed by atoms with Crippen molar-refractivity contribution < 1.29 is 13.2 Å². The van der Waals surface area contributed by atoms with Gasteiger partial charge in [0.25, 0.3) is 5.56 Å². The summed E-state index contributed by atoms with van der Waals surface area (Å²) < 4.78 is 33.9. The summed E-state index contributed by atoms with van der Waals surface area (Å²) in [6.45, 7) is 3.87. The molecule has 8 heteroatoms. The van der Waals surface area contributed by atoms with Crippen LogP contribution in [0.2, 0.25) is 0 Å².